The predicted molar refractivity (Wildman–Crippen MR) is 540 cm³/mol. The summed E-state index contributed by atoms with van der Waals surface area (Å²) in [5, 5.41) is 65.0. The molecular formula is C99H118F4N34O7S. The number of pyridine rings is 4. The summed E-state index contributed by atoms with van der Waals surface area (Å²) in [4.78, 5) is 26.3. The maximum Gasteiger partial charge on any atom is 0.190 e. The Balaban J connectivity index is 0.000000139. The van der Waals surface area contributed by atoms with Crippen molar-refractivity contribution in [2.75, 3.05) is 168 Å². The van der Waals surface area contributed by atoms with Gasteiger partial charge in [-0.25, -0.2) is 37.5 Å². The summed E-state index contributed by atoms with van der Waals surface area (Å²) in [6.45, 7) is 38.2. The zero-order valence-electron chi connectivity index (χ0n) is 82.6. The van der Waals surface area contributed by atoms with Crippen molar-refractivity contribution in [1.82, 2.24) is 150 Å². The number of halogens is 4. The molecule has 12 aromatic heterocycles. The van der Waals surface area contributed by atoms with Crippen molar-refractivity contribution < 1.29 is 50.7 Å². The third-order valence-electron chi connectivity index (χ3n) is 24.8. The molecule has 0 spiro atoms. The molecule has 15 heterocycles. The summed E-state index contributed by atoms with van der Waals surface area (Å²) in [7, 11) is 0. The molecule has 19 rings (SSSR count). The van der Waals surface area contributed by atoms with Crippen LogP contribution in [-0.2, 0) is 33.8 Å². The van der Waals surface area contributed by atoms with Gasteiger partial charge in [0.15, 0.2) is 46.6 Å². The van der Waals surface area contributed by atoms with E-state index in [4.69, 9.17) is 56.1 Å². The van der Waals surface area contributed by atoms with Crippen LogP contribution >= 0.6 is 11.3 Å². The predicted octanol–water partition coefficient (Wildman–Crippen LogP) is 12.7. The lowest BCUT2D eigenvalue weighted by Crippen LogP contribution is -2.38. The molecule has 0 saturated carbocycles. The third-order valence-corrected chi connectivity index (χ3v) is 25.5. The number of likely N-dealkylation sites (N-methyl/N-ethyl adjacent to an activating group) is 1. The average Bonchev–Trinajstić information content (AvgIpc) is 1.75. The number of hydrogen-bond donors (Lipinski definition) is 4. The van der Waals surface area contributed by atoms with Crippen molar-refractivity contribution in [3.8, 4) is 136 Å². The monoisotopic (exact) mass is 2000 g/mol. The van der Waals surface area contributed by atoms with Gasteiger partial charge in [-0.05, 0) is 196 Å². The van der Waals surface area contributed by atoms with E-state index in [2.05, 4.69) is 158 Å². The lowest BCUT2D eigenvalue weighted by Gasteiger charge is -2.26. The standard InChI is InChI=1S/C26H32FN9O2.C25H30FN9O2.C25H32FN9O.C23H24FN7O2S/c1-17(2)15-35-16-20(14-30-35)19-12-21(25(28)29-13-19)26-31-32-33-36(26)22-4-5-23(18(3)24(22)27)38-11-8-34-6-9-37-10-7-34;1-3-6-34-16-19(15-29-34)18-13-20(24(27)28-14-18)25-30-31-32-35(25)21-4-5-22(17(2)23(21)26)37-12-9-33-7-10-36-11-8-33;1-5-10-34-16-19(15-29-34)18-13-20(24(27)28-14-18)25-30-31-32-35(25)21-8-9-22(17(4)23(21)26)36-12-11-33(6-2)7-3;1-15-20(33-10-7-30-5-8-32-9-6-30)3-2-19(21(15)24)31-23(27-28-29-31)18-12-17(13-26-22(18)25)16-4-11-34-14-16/h4-5,12-14,16-17H,6-11,15H2,1-3H3,(H2,28,29);4-5,13-16H,3,6-12H2,1-2H3,(H2,27,28);8-9,13-16H,5-7,10-12H2,1-4H3,(H2,27,28);2-4,11-14H,5-10H2,1H3,(H2,25,26). The highest BCUT2D eigenvalue weighted by Gasteiger charge is 2.29. The first-order valence-corrected chi connectivity index (χ1v) is 49.1. The number of nitrogen functional groups attached to an aromatic ring is 4. The molecule has 0 bridgehead atoms. The third kappa shape index (κ3) is 24.9. The average molecular weight is 2000 g/mol. The van der Waals surface area contributed by atoms with Crippen molar-refractivity contribution in [3.63, 3.8) is 0 Å². The molecule has 0 atom stereocenters. The number of nitrogens with two attached hydrogens (primary N) is 4. The van der Waals surface area contributed by atoms with E-state index in [0.717, 1.165) is 195 Å². The highest BCUT2D eigenvalue weighted by Crippen LogP contribution is 2.39. The Bertz CT molecular complexity index is 6980. The Morgan fingerprint density at radius 3 is 0.959 bits per heavy atom. The first-order valence-electron chi connectivity index (χ1n) is 48.1. The van der Waals surface area contributed by atoms with E-state index < -0.39 is 23.3 Å². The number of benzene rings is 4. The second kappa shape index (κ2) is 48.8. The van der Waals surface area contributed by atoms with Crippen LogP contribution in [0.4, 0.5) is 40.8 Å². The molecule has 0 radical (unpaired) electrons. The molecule has 3 aliphatic heterocycles. The van der Waals surface area contributed by atoms with Gasteiger partial charge in [-0.1, -0.05) is 41.5 Å². The SMILES string of the molecule is CCCn1cc(-c2cnc(N)c(-c3nnnn3-c3ccc(OCCN(CC)CC)c(C)c3F)c2)cn1.CCCn1cc(-c2cnc(N)c(-c3nnnn3-c3ccc(OCCN4CCOCC4)c(C)c3F)c2)cn1.Cc1c(OCCN2CCOCC2)ccc(-n2nnnc2-c2cc(-c3ccsc3)cnc2N)c1F.Cc1c(OCCN2CCOCC2)ccc(-n2nnnc2-c2cc(-c3cnn(CC(C)C)c3)cnc2N)c1F. The zero-order chi connectivity index (χ0) is 102. The highest BCUT2D eigenvalue weighted by molar-refractivity contribution is 7.08. The van der Waals surface area contributed by atoms with Crippen LogP contribution in [0.15, 0.2) is 152 Å². The van der Waals surface area contributed by atoms with Crippen molar-refractivity contribution in [3.05, 3.63) is 197 Å². The Morgan fingerprint density at radius 2 is 0.669 bits per heavy atom. The smallest absolute Gasteiger partial charge is 0.190 e. The van der Waals surface area contributed by atoms with Crippen molar-refractivity contribution >= 4 is 34.6 Å². The van der Waals surface area contributed by atoms with Crippen LogP contribution < -0.4 is 41.9 Å². The number of ether oxygens (including phenoxy) is 7. The molecule has 16 aromatic rings. The van der Waals surface area contributed by atoms with Gasteiger partial charge >= 0.3 is 0 Å². The number of rotatable bonds is 36. The number of thiophene rings is 1. The van der Waals surface area contributed by atoms with Crippen molar-refractivity contribution in [2.45, 2.75) is 102 Å². The van der Waals surface area contributed by atoms with Gasteiger partial charge in [-0.15, -0.1) is 20.4 Å². The molecule has 3 saturated heterocycles. The molecule has 4 aromatic carbocycles. The van der Waals surface area contributed by atoms with Gasteiger partial charge in [0.25, 0.3) is 0 Å². The Labute approximate surface area is 838 Å². The van der Waals surface area contributed by atoms with E-state index in [0.29, 0.717) is 106 Å². The number of tetrazole rings is 4. The first-order chi connectivity index (χ1) is 70.5. The molecule has 41 nitrogen and oxygen atoms in total. The second-order valence-electron chi connectivity index (χ2n) is 35.0. The zero-order valence-corrected chi connectivity index (χ0v) is 83.4. The molecular weight excluding hydrogens is 1890 g/mol. The summed E-state index contributed by atoms with van der Waals surface area (Å²) >= 11 is 1.59. The number of aryl methyl sites for hydroxylation is 2. The normalized spacial score (nSPS) is 13.6. The summed E-state index contributed by atoms with van der Waals surface area (Å²) in [6.07, 6.45) is 19.9. The summed E-state index contributed by atoms with van der Waals surface area (Å²) in [5.41, 5.74) is 36.1. The molecule has 145 heavy (non-hydrogen) atoms. The minimum atomic E-state index is -0.472. The molecule has 0 aliphatic carbocycles. The lowest BCUT2D eigenvalue weighted by molar-refractivity contribution is 0.0321. The second-order valence-corrected chi connectivity index (χ2v) is 35.8. The van der Waals surface area contributed by atoms with Crippen molar-refractivity contribution in [1.29, 1.82) is 0 Å². The Kier molecular flexibility index (Phi) is 34.6. The molecule has 3 aliphatic rings. The molecule has 760 valence electrons. The number of hydrogen-bond acceptors (Lipinski definition) is 35. The number of aromatic nitrogens is 26. The maximum absolute atomic E-state index is 15.6. The van der Waals surface area contributed by atoms with E-state index in [1.165, 1.54) is 18.7 Å². The number of anilines is 4. The Morgan fingerprint density at radius 1 is 0.372 bits per heavy atom. The van der Waals surface area contributed by atoms with E-state index in [1.54, 1.807) is 131 Å². The van der Waals surface area contributed by atoms with E-state index in [-0.39, 0.29) is 63.5 Å². The largest absolute Gasteiger partial charge is 0.492 e. The molecule has 8 N–H and O–H groups in total. The van der Waals surface area contributed by atoms with Gasteiger partial charge < -0.3 is 61.0 Å². The van der Waals surface area contributed by atoms with Crippen LogP contribution in [0.3, 0.4) is 0 Å². The fourth-order valence-electron chi connectivity index (χ4n) is 16.5. The van der Waals surface area contributed by atoms with Gasteiger partial charge in [0.1, 0.15) is 95.4 Å². The van der Waals surface area contributed by atoms with E-state index in [9.17, 15) is 0 Å². The van der Waals surface area contributed by atoms with Gasteiger partial charge in [0.05, 0.1) is 80.5 Å². The molecule has 0 amide bonds. The van der Waals surface area contributed by atoms with Gasteiger partial charge in [0, 0.05) is 190 Å². The quantitative estimate of drug-likeness (QED) is 0.0265. The van der Waals surface area contributed by atoms with E-state index in [1.807, 2.05) is 73.7 Å². The number of morpholine rings is 3. The van der Waals surface area contributed by atoms with Gasteiger partial charge in [0.2, 0.25) is 0 Å². The summed E-state index contributed by atoms with van der Waals surface area (Å²) < 4.78 is 113. The molecule has 0 unspecified atom stereocenters. The fourth-order valence-corrected chi connectivity index (χ4v) is 17.2. The molecule has 3 fully saturated rings. The maximum atomic E-state index is 15.6. The minimum Gasteiger partial charge on any atom is -0.492 e. The fraction of sp³-hybridized carbons (Fsp3) is 0.384. The van der Waals surface area contributed by atoms with Crippen LogP contribution in [0, 0.1) is 56.9 Å². The van der Waals surface area contributed by atoms with Crippen LogP contribution in [0.1, 0.15) is 76.6 Å². The first kappa shape index (κ1) is 103. The Hall–Kier alpha value is -15.1. The highest BCUT2D eigenvalue weighted by atomic mass is 32.1. The van der Waals surface area contributed by atoms with Crippen molar-refractivity contribution in [2.24, 2.45) is 5.92 Å². The van der Waals surface area contributed by atoms with Crippen LogP contribution in [0.2, 0.25) is 0 Å². The van der Waals surface area contributed by atoms with Crippen LogP contribution in [0.5, 0.6) is 23.0 Å². The topological polar surface area (TPSA) is 461 Å². The lowest BCUT2D eigenvalue weighted by atomic mass is 10.1. The van der Waals surface area contributed by atoms with Crippen LogP contribution in [-0.4, -0.2) is 294 Å². The summed E-state index contributed by atoms with van der Waals surface area (Å²) in [6, 6.07) is 22.8. The van der Waals surface area contributed by atoms with Crippen LogP contribution in [0.25, 0.3) is 113 Å². The summed E-state index contributed by atoms with van der Waals surface area (Å²) in [5.74, 6) is 2.68. The van der Waals surface area contributed by atoms with E-state index >= 15 is 17.6 Å². The minimum absolute atomic E-state index is 0.192. The van der Waals surface area contributed by atoms with Gasteiger partial charge in [-0.2, -0.15) is 45.4 Å². The molecule has 46 heteroatoms. The van der Waals surface area contributed by atoms with Gasteiger partial charge in [-0.3, -0.25) is 28.7 Å². The number of nitrogens with zero attached hydrogens (tertiary/aromatic N) is 30.